The second-order valence-corrected chi connectivity index (χ2v) is 5.03. The normalized spacial score (nSPS) is 11.8. The summed E-state index contributed by atoms with van der Waals surface area (Å²) < 4.78 is 27.0. The molecule has 0 spiro atoms. The van der Waals surface area contributed by atoms with Crippen LogP contribution in [0.1, 0.15) is 5.56 Å². The summed E-state index contributed by atoms with van der Waals surface area (Å²) in [6.07, 6.45) is 1.29. The minimum absolute atomic E-state index is 0.0617. The molecule has 0 N–H and O–H groups in total. The number of halogens is 1. The largest absolute Gasteiger partial charge is 0.290 e. The Morgan fingerprint density at radius 3 is 2.44 bits per heavy atom. The van der Waals surface area contributed by atoms with Gasteiger partial charge in [0.1, 0.15) is 0 Å². The van der Waals surface area contributed by atoms with Crippen LogP contribution in [-0.2, 0) is 14.3 Å². The van der Waals surface area contributed by atoms with E-state index >= 15 is 0 Å². The third kappa shape index (κ3) is 4.82. The van der Waals surface area contributed by atoms with Crippen molar-refractivity contribution in [2.45, 2.75) is 0 Å². The monoisotopic (exact) mass is 291 g/mol. The summed E-state index contributed by atoms with van der Waals surface area (Å²) in [6, 6.07) is 5.44. The van der Waals surface area contributed by atoms with Gasteiger partial charge in [-0.3, -0.25) is 14.3 Å². The predicted octanol–water partition coefficient (Wildman–Crippen LogP) is 2.15. The van der Waals surface area contributed by atoms with Gasteiger partial charge in [0.15, 0.2) is 0 Å². The van der Waals surface area contributed by atoms with Gasteiger partial charge < -0.3 is 0 Å². The van der Waals surface area contributed by atoms with Crippen LogP contribution >= 0.6 is 11.6 Å². The molecule has 8 heteroatoms. The topological polar surface area (TPSA) is 86.5 Å². The van der Waals surface area contributed by atoms with Gasteiger partial charge in [-0.05, 0) is 23.8 Å². The zero-order valence-electron chi connectivity index (χ0n) is 9.15. The number of alkyl halides is 1. The van der Waals surface area contributed by atoms with E-state index in [1.54, 1.807) is 0 Å². The van der Waals surface area contributed by atoms with Crippen LogP contribution in [0.25, 0.3) is 6.08 Å². The second kappa shape index (κ2) is 6.48. The van der Waals surface area contributed by atoms with E-state index < -0.39 is 15.0 Å². The van der Waals surface area contributed by atoms with Gasteiger partial charge in [0.05, 0.1) is 16.9 Å². The third-order valence-electron chi connectivity index (χ3n) is 1.86. The molecule has 98 valence electrons. The standard InChI is InChI=1S/C10H10ClNO5S/c11-6-7-17-18(15,16)8-5-9-1-3-10(4-2-9)12(13)14/h1-5,8H,6-7H2/b8-5+. The minimum atomic E-state index is -3.77. The van der Waals surface area contributed by atoms with Crippen LogP contribution in [-0.4, -0.2) is 25.8 Å². The molecule has 1 aromatic rings. The number of nitro groups is 1. The van der Waals surface area contributed by atoms with Gasteiger partial charge in [-0.25, -0.2) is 0 Å². The maximum absolute atomic E-state index is 11.3. The Hall–Kier alpha value is -1.44. The van der Waals surface area contributed by atoms with Crippen molar-refractivity contribution in [2.24, 2.45) is 0 Å². The maximum atomic E-state index is 11.3. The number of hydrogen-bond acceptors (Lipinski definition) is 5. The molecule has 18 heavy (non-hydrogen) atoms. The highest BCUT2D eigenvalue weighted by Gasteiger charge is 2.06. The lowest BCUT2D eigenvalue weighted by atomic mass is 10.2. The number of rotatable bonds is 6. The van der Waals surface area contributed by atoms with Crippen LogP contribution in [0.4, 0.5) is 5.69 Å². The molecule has 6 nitrogen and oxygen atoms in total. The Bertz CT molecular complexity index is 538. The van der Waals surface area contributed by atoms with Crippen molar-refractivity contribution in [1.82, 2.24) is 0 Å². The Morgan fingerprint density at radius 2 is 1.94 bits per heavy atom. The Morgan fingerprint density at radius 1 is 1.33 bits per heavy atom. The van der Waals surface area contributed by atoms with Gasteiger partial charge in [-0.15, -0.1) is 11.6 Å². The highest BCUT2D eigenvalue weighted by atomic mass is 35.5. The fraction of sp³-hybridized carbons (Fsp3) is 0.200. The van der Waals surface area contributed by atoms with E-state index in [2.05, 4.69) is 4.18 Å². The number of non-ortho nitro benzene ring substituents is 1. The maximum Gasteiger partial charge on any atom is 0.290 e. The summed E-state index contributed by atoms with van der Waals surface area (Å²) in [7, 11) is -3.77. The fourth-order valence-electron chi connectivity index (χ4n) is 1.06. The number of hydrogen-bond donors (Lipinski definition) is 0. The van der Waals surface area contributed by atoms with Crippen LogP contribution in [0.3, 0.4) is 0 Å². The van der Waals surface area contributed by atoms with E-state index in [1.807, 2.05) is 0 Å². The minimum Gasteiger partial charge on any atom is -0.266 e. The van der Waals surface area contributed by atoms with Gasteiger partial charge in [-0.1, -0.05) is 0 Å². The molecule has 0 aliphatic heterocycles. The molecule has 1 rings (SSSR count). The van der Waals surface area contributed by atoms with E-state index in [1.165, 1.54) is 30.3 Å². The molecule has 0 bridgehead atoms. The summed E-state index contributed by atoms with van der Waals surface area (Å²) >= 11 is 5.29. The lowest BCUT2D eigenvalue weighted by Crippen LogP contribution is -2.03. The van der Waals surface area contributed by atoms with E-state index in [9.17, 15) is 18.5 Å². The van der Waals surface area contributed by atoms with Gasteiger partial charge in [0.25, 0.3) is 15.8 Å². The molecule has 0 amide bonds. The molecular formula is C10H10ClNO5S. The zero-order chi connectivity index (χ0) is 13.6. The first-order chi connectivity index (χ1) is 8.44. The van der Waals surface area contributed by atoms with Crippen LogP contribution in [0.2, 0.25) is 0 Å². The Kier molecular flexibility index (Phi) is 5.26. The van der Waals surface area contributed by atoms with Crippen molar-refractivity contribution in [3.8, 4) is 0 Å². The van der Waals surface area contributed by atoms with Crippen molar-refractivity contribution in [3.05, 3.63) is 45.4 Å². The predicted molar refractivity (Wildman–Crippen MR) is 67.7 cm³/mol. The van der Waals surface area contributed by atoms with Crippen LogP contribution in [0, 0.1) is 10.1 Å². The lowest BCUT2D eigenvalue weighted by molar-refractivity contribution is -0.384. The van der Waals surface area contributed by atoms with Gasteiger partial charge >= 0.3 is 0 Å². The molecule has 0 saturated carbocycles. The summed E-state index contributed by atoms with van der Waals surface area (Å²) in [4.78, 5) is 9.87. The van der Waals surface area contributed by atoms with Crippen LogP contribution < -0.4 is 0 Å². The second-order valence-electron chi connectivity index (χ2n) is 3.16. The van der Waals surface area contributed by atoms with Crippen molar-refractivity contribution in [1.29, 1.82) is 0 Å². The third-order valence-corrected chi connectivity index (χ3v) is 2.97. The van der Waals surface area contributed by atoms with Crippen molar-refractivity contribution in [2.75, 3.05) is 12.5 Å². The quantitative estimate of drug-likeness (QED) is 0.347. The number of nitro benzene ring substituents is 1. The Balaban J connectivity index is 2.75. The summed E-state index contributed by atoms with van der Waals surface area (Å²) in [5.74, 6) is 0.0740. The highest BCUT2D eigenvalue weighted by Crippen LogP contribution is 2.13. The molecule has 0 unspecified atom stereocenters. The highest BCUT2D eigenvalue weighted by molar-refractivity contribution is 7.89. The summed E-state index contributed by atoms with van der Waals surface area (Å²) in [5.41, 5.74) is 0.451. The molecule has 0 aliphatic carbocycles. The molecule has 0 saturated heterocycles. The lowest BCUT2D eigenvalue weighted by Gasteiger charge is -1.98. The van der Waals surface area contributed by atoms with E-state index in [4.69, 9.17) is 11.6 Å². The zero-order valence-corrected chi connectivity index (χ0v) is 10.7. The first-order valence-electron chi connectivity index (χ1n) is 4.82. The average molecular weight is 292 g/mol. The molecule has 0 radical (unpaired) electrons. The molecule has 0 heterocycles. The molecule has 0 aromatic heterocycles. The molecule has 0 atom stereocenters. The van der Waals surface area contributed by atoms with E-state index in [-0.39, 0.29) is 18.2 Å². The summed E-state index contributed by atoms with van der Waals surface area (Å²) in [6.45, 7) is -0.103. The van der Waals surface area contributed by atoms with Crippen molar-refractivity contribution in [3.63, 3.8) is 0 Å². The van der Waals surface area contributed by atoms with Gasteiger partial charge in [0.2, 0.25) is 0 Å². The fourth-order valence-corrected chi connectivity index (χ4v) is 1.94. The molecular weight excluding hydrogens is 282 g/mol. The molecule has 1 aromatic carbocycles. The van der Waals surface area contributed by atoms with Crippen molar-refractivity contribution < 1.29 is 17.5 Å². The molecule has 0 aliphatic rings. The van der Waals surface area contributed by atoms with E-state index in [0.717, 1.165) is 5.41 Å². The average Bonchev–Trinajstić information content (AvgIpc) is 2.35. The molecule has 0 fully saturated rings. The van der Waals surface area contributed by atoms with Gasteiger partial charge in [0, 0.05) is 18.0 Å². The number of nitrogens with zero attached hydrogens (tertiary/aromatic N) is 1. The smallest absolute Gasteiger partial charge is 0.266 e. The first kappa shape index (κ1) is 14.6. The van der Waals surface area contributed by atoms with Crippen LogP contribution in [0.5, 0.6) is 0 Å². The van der Waals surface area contributed by atoms with Crippen molar-refractivity contribution >= 4 is 33.5 Å². The van der Waals surface area contributed by atoms with Crippen LogP contribution in [0.15, 0.2) is 29.7 Å². The first-order valence-corrected chi connectivity index (χ1v) is 6.83. The summed E-state index contributed by atoms with van der Waals surface area (Å²) in [5, 5.41) is 11.3. The van der Waals surface area contributed by atoms with Gasteiger partial charge in [-0.2, -0.15) is 8.42 Å². The number of benzene rings is 1. The van der Waals surface area contributed by atoms with E-state index in [0.29, 0.717) is 5.56 Å². The Labute approximate surface area is 109 Å². The SMILES string of the molecule is O=[N+]([O-])c1ccc(/C=C/S(=O)(=O)OCCCl)cc1.